The predicted octanol–water partition coefficient (Wildman–Crippen LogP) is 6.60. The summed E-state index contributed by atoms with van der Waals surface area (Å²) in [6.07, 6.45) is 1.62. The lowest BCUT2D eigenvalue weighted by atomic mass is 9.92. The lowest BCUT2D eigenvalue weighted by molar-refractivity contribution is -0.118. The molecule has 3 aromatic carbocycles. The molecule has 4 aromatic rings. The highest BCUT2D eigenvalue weighted by Crippen LogP contribution is 2.44. The van der Waals surface area contributed by atoms with Crippen LogP contribution in [0.25, 0.3) is 0 Å². The lowest BCUT2D eigenvalue weighted by Crippen LogP contribution is -2.31. The number of sulfone groups is 1. The van der Waals surface area contributed by atoms with Crippen molar-refractivity contribution in [3.8, 4) is 0 Å². The number of anilines is 1. The molecule has 214 valence electrons. The number of aromatic nitrogens is 1. The number of ketones is 1. The number of benzene rings is 3. The van der Waals surface area contributed by atoms with Gasteiger partial charge < -0.3 is 5.11 Å². The van der Waals surface area contributed by atoms with Gasteiger partial charge in [0.2, 0.25) is 9.84 Å². The van der Waals surface area contributed by atoms with Crippen molar-refractivity contribution in [2.45, 2.75) is 47.8 Å². The summed E-state index contributed by atoms with van der Waals surface area (Å²) >= 11 is 0.750. The number of hydrogen-bond donors (Lipinski definition) is 1. The van der Waals surface area contributed by atoms with E-state index in [1.807, 2.05) is 56.3 Å². The zero-order valence-electron chi connectivity index (χ0n) is 22.8. The number of carbonyl (C=O) groups is 2. The van der Waals surface area contributed by atoms with Gasteiger partial charge in [-0.1, -0.05) is 79.8 Å². The first kappa shape index (κ1) is 29.0. The van der Waals surface area contributed by atoms with Crippen LogP contribution in [0.3, 0.4) is 0 Å². The van der Waals surface area contributed by atoms with Crippen molar-refractivity contribution in [2.75, 3.05) is 4.90 Å². The van der Waals surface area contributed by atoms with Gasteiger partial charge in [-0.05, 0) is 58.5 Å². The quantitative estimate of drug-likeness (QED) is 0.202. The average molecular weight is 602 g/mol. The van der Waals surface area contributed by atoms with Gasteiger partial charge >= 0.3 is 0 Å². The maximum atomic E-state index is 13.6. The van der Waals surface area contributed by atoms with Crippen LogP contribution in [-0.2, 0) is 25.8 Å². The molecule has 0 fully saturated rings. The second-order valence-corrected chi connectivity index (χ2v) is 13.3. The minimum atomic E-state index is -4.04. The molecule has 1 N–H and O–H groups in total. The molecule has 1 atom stereocenters. The Bertz CT molecular complexity index is 1780. The summed E-state index contributed by atoms with van der Waals surface area (Å²) in [6, 6.07) is 20.9. The number of aliphatic hydroxyl groups is 1. The molecule has 1 unspecified atom stereocenters. The van der Waals surface area contributed by atoms with Crippen molar-refractivity contribution >= 4 is 43.7 Å². The summed E-state index contributed by atoms with van der Waals surface area (Å²) in [5.74, 6) is -1.66. The highest BCUT2D eigenvalue weighted by atomic mass is 32.2. The second-order valence-electron chi connectivity index (χ2n) is 10.1. The standard InChI is InChI=1S/C31H27N3O6S2/c1-19(2)21-9-11-22(12-10-21)28-27(25(35)17-8-20-6-4-3-5-7-20)29(36)30(37)34(28)31-32-18-26(41-31)42(39,40)24-15-13-23(33-38)14-16-24/h3-7,9-16,18-19,28,36H,8,17H2,1-2H3. The van der Waals surface area contributed by atoms with Crippen molar-refractivity contribution in [3.05, 3.63) is 118 Å². The monoisotopic (exact) mass is 601 g/mol. The summed E-state index contributed by atoms with van der Waals surface area (Å²) in [5, 5.41) is 13.8. The molecule has 11 heteroatoms. The number of aliphatic hydroxyl groups excluding tert-OH is 1. The second kappa shape index (κ2) is 11.8. The maximum absolute atomic E-state index is 13.6. The first-order valence-corrected chi connectivity index (χ1v) is 15.5. The van der Waals surface area contributed by atoms with Crippen molar-refractivity contribution < 1.29 is 23.1 Å². The van der Waals surface area contributed by atoms with E-state index in [0.29, 0.717) is 12.0 Å². The third-order valence-corrected chi connectivity index (χ3v) is 10.3. The molecule has 9 nitrogen and oxygen atoms in total. The number of nitrogens with zero attached hydrogens (tertiary/aromatic N) is 3. The molecule has 1 amide bonds. The van der Waals surface area contributed by atoms with Crippen molar-refractivity contribution in [1.29, 1.82) is 0 Å². The van der Waals surface area contributed by atoms with Gasteiger partial charge in [-0.25, -0.2) is 13.4 Å². The number of thiazole rings is 1. The topological polar surface area (TPSA) is 134 Å². The molecular formula is C31H27N3O6S2. The molecule has 42 heavy (non-hydrogen) atoms. The number of aryl methyl sites for hydroxylation is 1. The van der Waals surface area contributed by atoms with Gasteiger partial charge in [-0.3, -0.25) is 14.5 Å². The van der Waals surface area contributed by atoms with E-state index < -0.39 is 33.3 Å². The fourth-order valence-electron chi connectivity index (χ4n) is 4.79. The van der Waals surface area contributed by atoms with Gasteiger partial charge in [0.15, 0.2) is 16.7 Å². The highest BCUT2D eigenvalue weighted by Gasteiger charge is 2.45. The van der Waals surface area contributed by atoms with Gasteiger partial charge in [0.25, 0.3) is 5.91 Å². The summed E-state index contributed by atoms with van der Waals surface area (Å²) in [7, 11) is -4.04. The highest BCUT2D eigenvalue weighted by molar-refractivity contribution is 7.93. The molecule has 1 aliphatic heterocycles. The van der Waals surface area contributed by atoms with Crippen LogP contribution in [0.4, 0.5) is 10.8 Å². The van der Waals surface area contributed by atoms with Crippen LogP contribution in [-0.4, -0.2) is 30.2 Å². The Balaban J connectivity index is 1.52. The lowest BCUT2D eigenvalue weighted by Gasteiger charge is -2.25. The van der Waals surface area contributed by atoms with Crippen LogP contribution in [0, 0.1) is 4.91 Å². The fraction of sp³-hybridized carbons (Fsp3) is 0.194. The van der Waals surface area contributed by atoms with E-state index in [4.69, 9.17) is 0 Å². The van der Waals surface area contributed by atoms with Crippen LogP contribution in [0.2, 0.25) is 0 Å². The third-order valence-electron chi connectivity index (χ3n) is 7.11. The fourth-order valence-corrected chi connectivity index (χ4v) is 7.34. The maximum Gasteiger partial charge on any atom is 0.296 e. The minimum Gasteiger partial charge on any atom is -0.503 e. The van der Waals surface area contributed by atoms with E-state index in [1.165, 1.54) is 29.2 Å². The minimum absolute atomic E-state index is 0.0140. The van der Waals surface area contributed by atoms with Gasteiger partial charge in [0.05, 0.1) is 22.7 Å². The Morgan fingerprint density at radius 2 is 1.69 bits per heavy atom. The zero-order valence-corrected chi connectivity index (χ0v) is 24.4. The van der Waals surface area contributed by atoms with E-state index in [9.17, 15) is 28.0 Å². The number of nitroso groups, excluding NO2 is 1. The van der Waals surface area contributed by atoms with Crippen molar-refractivity contribution in [1.82, 2.24) is 4.98 Å². The summed E-state index contributed by atoms with van der Waals surface area (Å²) < 4.78 is 26.5. The number of carbonyl (C=O) groups excluding carboxylic acids is 2. The SMILES string of the molecule is CC(C)c1ccc(C2C(C(=O)CCc3ccccc3)=C(O)C(=O)N2c2ncc(S(=O)(=O)c3ccc(N=O)cc3)s2)cc1. The van der Waals surface area contributed by atoms with E-state index in [0.717, 1.165) is 28.7 Å². The number of rotatable bonds is 10. The average Bonchev–Trinajstić information content (AvgIpc) is 3.60. The van der Waals surface area contributed by atoms with Crippen molar-refractivity contribution in [2.24, 2.45) is 5.18 Å². The molecule has 0 spiro atoms. The normalized spacial score (nSPS) is 15.5. The van der Waals surface area contributed by atoms with Crippen LogP contribution in [0.15, 0.2) is 111 Å². The first-order valence-electron chi connectivity index (χ1n) is 13.2. The molecule has 0 saturated heterocycles. The molecule has 5 rings (SSSR count). The van der Waals surface area contributed by atoms with Gasteiger partial charge in [0, 0.05) is 6.42 Å². The Labute approximate surface area is 247 Å². The Kier molecular flexibility index (Phi) is 8.15. The van der Waals surface area contributed by atoms with E-state index in [1.54, 1.807) is 12.1 Å². The van der Waals surface area contributed by atoms with E-state index in [2.05, 4.69) is 10.2 Å². The Hall–Kier alpha value is -4.48. The van der Waals surface area contributed by atoms with Crippen LogP contribution >= 0.6 is 11.3 Å². The predicted molar refractivity (Wildman–Crippen MR) is 160 cm³/mol. The Morgan fingerprint density at radius 1 is 1.02 bits per heavy atom. The van der Waals surface area contributed by atoms with Crippen LogP contribution in [0.5, 0.6) is 0 Å². The number of Topliss-reactive ketones (excluding diaryl/α,β-unsaturated/α-hetero) is 1. The van der Waals surface area contributed by atoms with E-state index in [-0.39, 0.29) is 37.8 Å². The first-order chi connectivity index (χ1) is 20.1. The van der Waals surface area contributed by atoms with E-state index >= 15 is 0 Å². The molecule has 1 aliphatic rings. The molecule has 0 saturated carbocycles. The zero-order chi connectivity index (χ0) is 30.0. The largest absolute Gasteiger partial charge is 0.503 e. The smallest absolute Gasteiger partial charge is 0.296 e. The summed E-state index contributed by atoms with van der Waals surface area (Å²) in [4.78, 5) is 43.2. The van der Waals surface area contributed by atoms with Crippen LogP contribution in [0.1, 0.15) is 48.9 Å². The molecule has 0 bridgehead atoms. The molecule has 2 heterocycles. The molecule has 1 aromatic heterocycles. The third kappa shape index (κ3) is 5.53. The summed E-state index contributed by atoms with van der Waals surface area (Å²) in [5.41, 5.74) is 2.61. The van der Waals surface area contributed by atoms with Crippen molar-refractivity contribution in [3.63, 3.8) is 0 Å². The summed E-state index contributed by atoms with van der Waals surface area (Å²) in [6.45, 7) is 4.09. The number of hydrogen-bond acceptors (Lipinski definition) is 9. The molecule has 0 aliphatic carbocycles. The molecular weight excluding hydrogens is 574 g/mol. The number of amides is 1. The Morgan fingerprint density at radius 3 is 2.31 bits per heavy atom. The molecule has 0 radical (unpaired) electrons. The van der Waals surface area contributed by atoms with Gasteiger partial charge in [0.1, 0.15) is 9.90 Å². The van der Waals surface area contributed by atoms with Gasteiger partial charge in [-0.2, -0.15) is 0 Å². The van der Waals surface area contributed by atoms with Crippen LogP contribution < -0.4 is 4.90 Å². The van der Waals surface area contributed by atoms with Gasteiger partial charge in [-0.15, -0.1) is 4.91 Å².